The van der Waals surface area contributed by atoms with Gasteiger partial charge in [-0.25, -0.2) is 30.4 Å². The zero-order valence-corrected chi connectivity index (χ0v) is 26.4. The molecule has 40 heavy (non-hydrogen) atoms. The number of rotatable bonds is 22. The summed E-state index contributed by atoms with van der Waals surface area (Å²) in [6.07, 6.45) is 26.4. The third kappa shape index (κ3) is 17.2. The highest BCUT2D eigenvalue weighted by Gasteiger charge is 2.29. The zero-order valence-electron chi connectivity index (χ0n) is 24.8. The summed E-state index contributed by atoms with van der Waals surface area (Å²) in [5.41, 5.74) is 0. The van der Waals surface area contributed by atoms with Crippen LogP contribution in [-0.2, 0) is 21.0 Å². The molecule has 0 bridgehead atoms. The van der Waals surface area contributed by atoms with Crippen molar-refractivity contribution in [2.45, 2.75) is 141 Å². The molecule has 236 valence electrons. The largest absolute Gasteiger partial charge is 0.744 e. The second kappa shape index (κ2) is 23.7. The molecule has 0 saturated heterocycles. The molecule has 10 heteroatoms. The summed E-state index contributed by atoms with van der Waals surface area (Å²) in [6, 6.07) is 0. The van der Waals surface area contributed by atoms with Crippen LogP contribution in [0.2, 0.25) is 0 Å². The Kier molecular flexibility index (Phi) is 23.2. The van der Waals surface area contributed by atoms with E-state index in [0.717, 1.165) is 10.9 Å². The smallest absolute Gasteiger partial charge is 0.200 e. The molecule has 0 amide bonds. The minimum atomic E-state index is -5.77. The van der Waals surface area contributed by atoms with Crippen LogP contribution in [0.15, 0.2) is 4.90 Å². The molecule has 1 rings (SSSR count). The van der Waals surface area contributed by atoms with E-state index in [9.17, 15) is 34.9 Å². The second-order valence-electron chi connectivity index (χ2n) is 10.4. The average Bonchev–Trinajstić information content (AvgIpc) is 2.91. The summed E-state index contributed by atoms with van der Waals surface area (Å²) in [4.78, 5) is -2.38. The lowest BCUT2D eigenvalue weighted by molar-refractivity contribution is 0.350. The van der Waals surface area contributed by atoms with E-state index >= 15 is 0 Å². The van der Waals surface area contributed by atoms with Gasteiger partial charge in [0, 0.05) is 0 Å². The van der Waals surface area contributed by atoms with E-state index in [1.54, 1.807) is 17.3 Å². The molecule has 3 nitrogen and oxygen atoms in total. The van der Waals surface area contributed by atoms with Crippen LogP contribution in [0.3, 0.4) is 0 Å². The Morgan fingerprint density at radius 3 is 1.00 bits per heavy atom. The molecule has 0 aliphatic rings. The van der Waals surface area contributed by atoms with Crippen molar-refractivity contribution in [1.82, 2.24) is 0 Å². The molecule has 0 heterocycles. The minimum absolute atomic E-state index is 0.754. The first-order chi connectivity index (χ1) is 19.0. The van der Waals surface area contributed by atoms with Crippen molar-refractivity contribution in [2.75, 3.05) is 17.3 Å². The SMILES string of the molecule is CCCCCCCC[S+](CCCCCCCC)CCCCCCCC.O=S(=O)([O-])c1c(F)c(F)c(F)c(F)c1F. The van der Waals surface area contributed by atoms with Crippen molar-refractivity contribution in [3.63, 3.8) is 0 Å². The highest BCUT2D eigenvalue weighted by molar-refractivity contribution is 7.96. The first-order valence-electron chi connectivity index (χ1n) is 15.1. The van der Waals surface area contributed by atoms with E-state index in [1.807, 2.05) is 0 Å². The lowest BCUT2D eigenvalue weighted by atomic mass is 10.1. The number of hydrogen-bond acceptors (Lipinski definition) is 3. The fourth-order valence-electron chi connectivity index (χ4n) is 4.37. The van der Waals surface area contributed by atoms with Crippen LogP contribution in [0.25, 0.3) is 0 Å². The Morgan fingerprint density at radius 2 is 0.725 bits per heavy atom. The summed E-state index contributed by atoms with van der Waals surface area (Å²) in [5.74, 6) is -8.17. The van der Waals surface area contributed by atoms with Crippen molar-refractivity contribution in [1.29, 1.82) is 0 Å². The normalized spacial score (nSPS) is 11.7. The van der Waals surface area contributed by atoms with Gasteiger partial charge in [-0.3, -0.25) is 0 Å². The van der Waals surface area contributed by atoms with E-state index in [-0.39, 0.29) is 0 Å². The van der Waals surface area contributed by atoms with Crippen molar-refractivity contribution >= 4 is 21.0 Å². The lowest BCUT2D eigenvalue weighted by Crippen LogP contribution is -2.17. The van der Waals surface area contributed by atoms with Crippen LogP contribution in [-0.4, -0.2) is 30.2 Å². The van der Waals surface area contributed by atoms with Gasteiger partial charge >= 0.3 is 0 Å². The van der Waals surface area contributed by atoms with E-state index in [1.165, 1.54) is 116 Å². The van der Waals surface area contributed by atoms with E-state index in [4.69, 9.17) is 0 Å². The maximum atomic E-state index is 12.6. The minimum Gasteiger partial charge on any atom is -0.744 e. The highest BCUT2D eigenvalue weighted by atomic mass is 32.2. The first kappa shape index (κ1) is 39.1. The predicted octanol–water partition coefficient (Wildman–Crippen LogP) is 9.97. The number of hydrogen-bond donors (Lipinski definition) is 0. The number of benzene rings is 1. The average molecular weight is 619 g/mol. The third-order valence-corrected chi connectivity index (χ3v) is 10.2. The molecular formula is C30H51F5O3S2. The summed E-state index contributed by atoms with van der Waals surface area (Å²) in [6.45, 7) is 6.95. The van der Waals surface area contributed by atoms with Crippen LogP contribution in [0.4, 0.5) is 22.0 Å². The zero-order chi connectivity index (χ0) is 30.4. The van der Waals surface area contributed by atoms with E-state index in [0.29, 0.717) is 0 Å². The lowest BCUT2D eigenvalue weighted by Gasteiger charge is -2.10. The van der Waals surface area contributed by atoms with Crippen LogP contribution >= 0.6 is 0 Å². The van der Waals surface area contributed by atoms with Gasteiger partial charge < -0.3 is 4.55 Å². The maximum Gasteiger partial charge on any atom is 0.200 e. The highest BCUT2D eigenvalue weighted by Crippen LogP contribution is 2.26. The molecule has 0 aromatic heterocycles. The van der Waals surface area contributed by atoms with Crippen LogP contribution in [0, 0.1) is 29.1 Å². The van der Waals surface area contributed by atoms with Gasteiger partial charge in [0.25, 0.3) is 0 Å². The molecule has 0 N–H and O–H groups in total. The predicted molar refractivity (Wildman–Crippen MR) is 156 cm³/mol. The molecule has 0 fully saturated rings. The van der Waals surface area contributed by atoms with Crippen molar-refractivity contribution in [3.05, 3.63) is 29.1 Å². The van der Waals surface area contributed by atoms with Gasteiger partial charge in [0.15, 0.2) is 23.3 Å². The monoisotopic (exact) mass is 618 g/mol. The molecule has 0 aliphatic heterocycles. The fraction of sp³-hybridized carbons (Fsp3) is 0.800. The molecule has 0 atom stereocenters. The van der Waals surface area contributed by atoms with E-state index in [2.05, 4.69) is 20.8 Å². The molecule has 0 aliphatic carbocycles. The molecule has 1 aromatic rings. The van der Waals surface area contributed by atoms with Crippen molar-refractivity contribution in [3.8, 4) is 0 Å². The Bertz CT molecular complexity index is 831. The molecule has 0 saturated carbocycles. The van der Waals surface area contributed by atoms with Gasteiger partial charge in [-0.1, -0.05) is 97.8 Å². The second-order valence-corrected chi connectivity index (χ2v) is 14.1. The van der Waals surface area contributed by atoms with Crippen LogP contribution < -0.4 is 0 Å². The summed E-state index contributed by atoms with van der Waals surface area (Å²) in [5, 5.41) is 0. The Morgan fingerprint density at radius 1 is 0.475 bits per heavy atom. The van der Waals surface area contributed by atoms with E-state index < -0.39 is 44.1 Å². The van der Waals surface area contributed by atoms with Crippen molar-refractivity contribution < 1.29 is 34.9 Å². The van der Waals surface area contributed by atoms with Crippen LogP contribution in [0.5, 0.6) is 0 Å². The molecule has 0 spiro atoms. The van der Waals surface area contributed by atoms with Gasteiger partial charge in [0.2, 0.25) is 5.82 Å². The molecule has 0 radical (unpaired) electrons. The topological polar surface area (TPSA) is 57.2 Å². The summed E-state index contributed by atoms with van der Waals surface area (Å²) < 4.78 is 92.9. The Hall–Kier alpha value is -0.870. The number of halogens is 5. The third-order valence-electron chi connectivity index (χ3n) is 6.78. The molecule has 1 aromatic carbocycles. The summed E-state index contributed by atoms with van der Waals surface area (Å²) in [7, 11) is -5.02. The van der Waals surface area contributed by atoms with Gasteiger partial charge in [-0.15, -0.1) is 0 Å². The maximum absolute atomic E-state index is 12.6. The standard InChI is InChI=1S/C24H51S.C6HF5O3S/c1-4-7-10-13-16-19-22-25(23-20-17-14-11-8-5-2)24-21-18-15-12-9-6-3;7-1-2(8)4(10)6(15(12,13)14)5(11)3(1)9/h4-24H2,1-3H3;(H,12,13,14)/q+1;/p-1. The Labute approximate surface area is 243 Å². The first-order valence-corrected chi connectivity index (χ1v) is 18.3. The quantitative estimate of drug-likeness (QED) is 0.0325. The van der Waals surface area contributed by atoms with Gasteiger partial charge in [-0.05, 0) is 49.4 Å². The van der Waals surface area contributed by atoms with Gasteiger partial charge in [0.05, 0.1) is 0 Å². The van der Waals surface area contributed by atoms with Crippen molar-refractivity contribution in [2.24, 2.45) is 0 Å². The fourth-order valence-corrected chi connectivity index (χ4v) is 7.44. The molecule has 0 unspecified atom stereocenters. The van der Waals surface area contributed by atoms with Crippen LogP contribution in [0.1, 0.15) is 136 Å². The van der Waals surface area contributed by atoms with Gasteiger partial charge in [0.1, 0.15) is 32.3 Å². The molecular weight excluding hydrogens is 567 g/mol. The van der Waals surface area contributed by atoms with Gasteiger partial charge in [-0.2, -0.15) is 0 Å². The summed E-state index contributed by atoms with van der Waals surface area (Å²) >= 11 is 0. The Balaban J connectivity index is 0.000000858. The number of unbranched alkanes of at least 4 members (excludes halogenated alkanes) is 15.